The molecule has 2 rings (SSSR count). The molecule has 1 amide bonds. The van der Waals surface area contributed by atoms with E-state index in [1.807, 2.05) is 19.9 Å². The van der Waals surface area contributed by atoms with Crippen molar-refractivity contribution in [1.29, 1.82) is 0 Å². The molecule has 130 valence electrons. The largest absolute Gasteiger partial charge is 0.454 e. The average Bonchev–Trinajstić information content (AvgIpc) is 2.60. The molecule has 0 saturated heterocycles. The summed E-state index contributed by atoms with van der Waals surface area (Å²) in [7, 11) is 0. The van der Waals surface area contributed by atoms with Gasteiger partial charge in [-0.05, 0) is 48.7 Å². The molecule has 0 atom stereocenters. The number of hydrogen-bond donors (Lipinski definition) is 1. The first-order valence-electron chi connectivity index (χ1n) is 7.98. The lowest BCUT2D eigenvalue weighted by Crippen LogP contribution is -2.19. The number of nitrogens with one attached hydrogen (secondary N) is 1. The van der Waals surface area contributed by atoms with E-state index in [0.29, 0.717) is 17.7 Å². The molecule has 0 fully saturated rings. The molecular weight excluding hydrogens is 318 g/mol. The molecule has 1 N–H and O–H groups in total. The van der Waals surface area contributed by atoms with E-state index in [4.69, 9.17) is 4.74 Å². The SMILES string of the molecule is CC(=O)NCc1ccc(C(=O)OCC(=O)c2ccc(C)c(C)c2)cc1. The van der Waals surface area contributed by atoms with Gasteiger partial charge < -0.3 is 10.1 Å². The topological polar surface area (TPSA) is 72.5 Å². The number of Topliss-reactive ketones (excluding diaryl/α,β-unsaturated/α-hetero) is 1. The predicted octanol–water partition coefficient (Wildman–Crippen LogP) is 2.98. The first-order valence-corrected chi connectivity index (χ1v) is 7.98. The zero-order valence-corrected chi connectivity index (χ0v) is 14.6. The van der Waals surface area contributed by atoms with Crippen LogP contribution in [-0.4, -0.2) is 24.3 Å². The summed E-state index contributed by atoms with van der Waals surface area (Å²) in [5.74, 6) is -0.907. The normalized spacial score (nSPS) is 10.2. The Labute approximate surface area is 147 Å². The van der Waals surface area contributed by atoms with Gasteiger partial charge in [-0.3, -0.25) is 9.59 Å². The van der Waals surface area contributed by atoms with Gasteiger partial charge in [-0.25, -0.2) is 4.79 Å². The standard InChI is InChI=1S/C20H21NO4/c1-13-4-7-18(10-14(13)2)19(23)12-25-20(24)17-8-5-16(6-9-17)11-21-15(3)22/h4-10H,11-12H2,1-3H3,(H,21,22). The monoisotopic (exact) mass is 339 g/mol. The Bertz CT molecular complexity index is 794. The first-order chi connectivity index (χ1) is 11.9. The lowest BCUT2D eigenvalue weighted by atomic mass is 10.0. The number of aryl methyl sites for hydroxylation is 2. The Hall–Kier alpha value is -2.95. The van der Waals surface area contributed by atoms with Gasteiger partial charge in [-0.15, -0.1) is 0 Å². The fraction of sp³-hybridized carbons (Fsp3) is 0.250. The number of hydrogen-bond acceptors (Lipinski definition) is 4. The average molecular weight is 339 g/mol. The van der Waals surface area contributed by atoms with E-state index in [2.05, 4.69) is 5.32 Å². The van der Waals surface area contributed by atoms with E-state index < -0.39 is 5.97 Å². The van der Waals surface area contributed by atoms with Crippen molar-refractivity contribution in [1.82, 2.24) is 5.32 Å². The Morgan fingerprint density at radius 2 is 1.56 bits per heavy atom. The number of amides is 1. The molecule has 0 unspecified atom stereocenters. The van der Waals surface area contributed by atoms with Crippen LogP contribution in [0.3, 0.4) is 0 Å². The summed E-state index contributed by atoms with van der Waals surface area (Å²) < 4.78 is 5.09. The van der Waals surface area contributed by atoms with Crippen molar-refractivity contribution in [3.63, 3.8) is 0 Å². The van der Waals surface area contributed by atoms with Crippen LogP contribution in [0.4, 0.5) is 0 Å². The smallest absolute Gasteiger partial charge is 0.338 e. The van der Waals surface area contributed by atoms with Crippen LogP contribution < -0.4 is 5.32 Å². The molecule has 2 aromatic carbocycles. The van der Waals surface area contributed by atoms with E-state index in [1.54, 1.807) is 36.4 Å². The Balaban J connectivity index is 1.92. The van der Waals surface area contributed by atoms with Gasteiger partial charge in [0, 0.05) is 19.0 Å². The fourth-order valence-electron chi connectivity index (χ4n) is 2.20. The zero-order chi connectivity index (χ0) is 18.4. The van der Waals surface area contributed by atoms with Crippen LogP contribution in [0.15, 0.2) is 42.5 Å². The summed E-state index contributed by atoms with van der Waals surface area (Å²) in [4.78, 5) is 35.0. The summed E-state index contributed by atoms with van der Waals surface area (Å²) in [6.45, 7) is 5.45. The van der Waals surface area contributed by atoms with Crippen molar-refractivity contribution in [3.05, 3.63) is 70.3 Å². The molecule has 0 bridgehead atoms. The van der Waals surface area contributed by atoms with Gasteiger partial charge in [-0.2, -0.15) is 0 Å². The molecule has 5 nitrogen and oxygen atoms in total. The van der Waals surface area contributed by atoms with E-state index in [-0.39, 0.29) is 18.3 Å². The molecule has 5 heteroatoms. The third kappa shape index (κ3) is 5.28. The third-order valence-electron chi connectivity index (χ3n) is 3.89. The maximum absolute atomic E-state index is 12.1. The Morgan fingerprint density at radius 1 is 0.920 bits per heavy atom. The summed E-state index contributed by atoms with van der Waals surface area (Å²) in [6, 6.07) is 12.1. The highest BCUT2D eigenvalue weighted by Crippen LogP contribution is 2.11. The summed E-state index contributed by atoms with van der Waals surface area (Å²) >= 11 is 0. The highest BCUT2D eigenvalue weighted by atomic mass is 16.5. The molecule has 25 heavy (non-hydrogen) atoms. The predicted molar refractivity (Wildman–Crippen MR) is 94.5 cm³/mol. The van der Waals surface area contributed by atoms with Gasteiger partial charge in [0.1, 0.15) is 0 Å². The Morgan fingerprint density at radius 3 is 2.16 bits per heavy atom. The summed E-state index contributed by atoms with van der Waals surface area (Å²) in [5, 5.41) is 2.68. The van der Waals surface area contributed by atoms with Gasteiger partial charge in [0.25, 0.3) is 0 Å². The number of ether oxygens (including phenoxy) is 1. The second kappa shape index (κ2) is 8.24. The molecule has 0 saturated carbocycles. The second-order valence-electron chi connectivity index (χ2n) is 5.91. The van der Waals surface area contributed by atoms with Gasteiger partial charge in [0.05, 0.1) is 5.56 Å². The van der Waals surface area contributed by atoms with Gasteiger partial charge in [0.2, 0.25) is 5.91 Å². The molecule has 0 heterocycles. The zero-order valence-electron chi connectivity index (χ0n) is 14.6. The van der Waals surface area contributed by atoms with E-state index in [9.17, 15) is 14.4 Å². The summed E-state index contributed by atoms with van der Waals surface area (Å²) in [5.41, 5.74) is 3.89. The third-order valence-corrected chi connectivity index (χ3v) is 3.89. The molecule has 0 aliphatic rings. The van der Waals surface area contributed by atoms with Crippen LogP contribution in [-0.2, 0) is 16.1 Å². The number of carbonyl (C=O) groups is 3. The minimum Gasteiger partial charge on any atom is -0.454 e. The van der Waals surface area contributed by atoms with Crippen molar-refractivity contribution >= 4 is 17.7 Å². The first kappa shape index (κ1) is 18.4. The maximum atomic E-state index is 12.1. The van der Waals surface area contributed by atoms with Crippen molar-refractivity contribution in [2.75, 3.05) is 6.61 Å². The molecular formula is C20H21NO4. The summed E-state index contributed by atoms with van der Waals surface area (Å²) in [6.07, 6.45) is 0. The van der Waals surface area contributed by atoms with Crippen LogP contribution in [0.2, 0.25) is 0 Å². The number of carbonyl (C=O) groups excluding carboxylic acids is 3. The number of esters is 1. The van der Waals surface area contributed by atoms with Crippen LogP contribution in [0.5, 0.6) is 0 Å². The minimum atomic E-state index is -0.553. The van der Waals surface area contributed by atoms with E-state index >= 15 is 0 Å². The fourth-order valence-corrected chi connectivity index (χ4v) is 2.20. The van der Waals surface area contributed by atoms with Crippen molar-refractivity contribution in [2.24, 2.45) is 0 Å². The van der Waals surface area contributed by atoms with Crippen LogP contribution in [0.1, 0.15) is 44.3 Å². The van der Waals surface area contributed by atoms with E-state index in [0.717, 1.165) is 16.7 Å². The molecule has 0 radical (unpaired) electrons. The highest BCUT2D eigenvalue weighted by Gasteiger charge is 2.12. The molecule has 0 spiro atoms. The van der Waals surface area contributed by atoms with Crippen molar-refractivity contribution < 1.29 is 19.1 Å². The van der Waals surface area contributed by atoms with E-state index in [1.165, 1.54) is 6.92 Å². The van der Waals surface area contributed by atoms with Crippen LogP contribution in [0.25, 0.3) is 0 Å². The lowest BCUT2D eigenvalue weighted by Gasteiger charge is -2.07. The second-order valence-corrected chi connectivity index (χ2v) is 5.91. The lowest BCUT2D eigenvalue weighted by molar-refractivity contribution is -0.119. The van der Waals surface area contributed by atoms with Crippen molar-refractivity contribution in [2.45, 2.75) is 27.3 Å². The minimum absolute atomic E-state index is 0.117. The van der Waals surface area contributed by atoms with Crippen molar-refractivity contribution in [3.8, 4) is 0 Å². The van der Waals surface area contributed by atoms with Gasteiger partial charge >= 0.3 is 5.97 Å². The van der Waals surface area contributed by atoms with Crippen LogP contribution in [0, 0.1) is 13.8 Å². The number of ketones is 1. The Kier molecular flexibility index (Phi) is 6.06. The molecule has 0 aromatic heterocycles. The van der Waals surface area contributed by atoms with Gasteiger partial charge in [-0.1, -0.05) is 24.3 Å². The maximum Gasteiger partial charge on any atom is 0.338 e. The number of benzene rings is 2. The molecule has 2 aromatic rings. The highest BCUT2D eigenvalue weighted by molar-refractivity contribution is 5.99. The van der Waals surface area contributed by atoms with Crippen LogP contribution >= 0.6 is 0 Å². The molecule has 0 aliphatic carbocycles. The van der Waals surface area contributed by atoms with Gasteiger partial charge in [0.15, 0.2) is 12.4 Å². The molecule has 0 aliphatic heterocycles. The quantitative estimate of drug-likeness (QED) is 0.649. The number of rotatable bonds is 6.